The quantitative estimate of drug-likeness (QED) is 0.669. The van der Waals surface area contributed by atoms with E-state index in [0.717, 1.165) is 0 Å². The molecule has 0 radical (unpaired) electrons. The molecule has 0 rings (SSSR count). The largest absolute Gasteiger partial charge is 0.286 e. The summed E-state index contributed by atoms with van der Waals surface area (Å²) in [5.74, 6) is -0.509. The molecule has 0 atom stereocenters. The highest BCUT2D eigenvalue weighted by molar-refractivity contribution is 7.85. The van der Waals surface area contributed by atoms with Crippen LogP contribution in [0.4, 0.5) is 0 Å². The van der Waals surface area contributed by atoms with Gasteiger partial charge >= 0.3 is 0 Å². The van der Waals surface area contributed by atoms with E-state index in [1.807, 2.05) is 18.2 Å². The third-order valence-corrected chi connectivity index (χ3v) is 3.77. The maximum absolute atomic E-state index is 11.0. The van der Waals surface area contributed by atoms with Gasteiger partial charge in [-0.05, 0) is 24.7 Å². The second kappa shape index (κ2) is 7.66. The Bertz CT molecular complexity index is 434. The molecule has 0 heterocycles. The maximum Gasteiger partial charge on any atom is 0.265 e. The topological polar surface area (TPSA) is 126 Å². The Morgan fingerprint density at radius 2 is 1.22 bits per heavy atom. The highest BCUT2D eigenvalue weighted by Crippen LogP contribution is 2.36. The van der Waals surface area contributed by atoms with Gasteiger partial charge in [0.05, 0.1) is 24.0 Å². The Morgan fingerprint density at radius 3 is 1.44 bits per heavy atom. The summed E-state index contributed by atoms with van der Waals surface area (Å²) in [5.41, 5.74) is -0.866. The van der Waals surface area contributed by atoms with Gasteiger partial charge in [-0.1, -0.05) is 0 Å². The van der Waals surface area contributed by atoms with E-state index >= 15 is 0 Å². The average Bonchev–Trinajstić information content (AvgIpc) is 2.29. The molecule has 0 fully saturated rings. The molecule has 0 aliphatic heterocycles. The van der Waals surface area contributed by atoms with Crippen LogP contribution in [0.2, 0.25) is 0 Å². The Balaban J connectivity index is 5.06. The minimum absolute atomic E-state index is 0.131. The monoisotopic (exact) mass is 269 g/mol. The lowest BCUT2D eigenvalue weighted by Gasteiger charge is -2.30. The van der Waals surface area contributed by atoms with Gasteiger partial charge in [-0.25, -0.2) is 0 Å². The molecule has 0 bridgehead atoms. The molecule has 0 aliphatic rings. The van der Waals surface area contributed by atoms with E-state index in [4.69, 9.17) is 20.3 Å². The zero-order chi connectivity index (χ0) is 14.1. The highest BCUT2D eigenvalue weighted by atomic mass is 32.2. The fraction of sp³-hybridized carbons (Fsp3) is 0.727. The fourth-order valence-corrected chi connectivity index (χ4v) is 3.15. The summed E-state index contributed by atoms with van der Waals surface area (Å²) in [4.78, 5) is 0. The van der Waals surface area contributed by atoms with Crippen LogP contribution in [0.5, 0.6) is 0 Å². The smallest absolute Gasteiger partial charge is 0.265 e. The van der Waals surface area contributed by atoms with E-state index in [2.05, 4.69) is 0 Å². The third kappa shape index (κ3) is 6.85. The Kier molecular flexibility index (Phi) is 6.97. The second-order valence-electron chi connectivity index (χ2n) is 4.20. The predicted octanol–water partition coefficient (Wildman–Crippen LogP) is 1.77. The van der Waals surface area contributed by atoms with Crippen molar-refractivity contribution in [3.63, 3.8) is 0 Å². The van der Waals surface area contributed by atoms with Crippen LogP contribution in [-0.4, -0.2) is 18.7 Å². The molecule has 0 aromatic heterocycles. The molecule has 0 unspecified atom stereocenters. The Hall–Kier alpha value is -1.62. The van der Waals surface area contributed by atoms with Crippen LogP contribution in [0.3, 0.4) is 0 Å². The molecular weight excluding hydrogens is 254 g/mol. The van der Waals surface area contributed by atoms with Crippen molar-refractivity contribution in [3.8, 4) is 18.2 Å². The molecule has 0 aromatic carbocycles. The van der Waals surface area contributed by atoms with E-state index < -0.39 is 21.3 Å². The standard InChI is InChI=1S/C11H15N3O3S/c12-7-1-4-11(5-2-8-13,6-3-9-14)10-18(15,16)17/h1-6,10H2,(H,15,16,17). The first-order chi connectivity index (χ1) is 8.39. The highest BCUT2D eigenvalue weighted by Gasteiger charge is 2.33. The zero-order valence-corrected chi connectivity index (χ0v) is 10.8. The molecule has 6 nitrogen and oxygen atoms in total. The Morgan fingerprint density at radius 1 is 0.889 bits per heavy atom. The van der Waals surface area contributed by atoms with Crippen LogP contribution in [-0.2, 0) is 10.1 Å². The lowest BCUT2D eigenvalue weighted by atomic mass is 9.77. The second-order valence-corrected chi connectivity index (χ2v) is 5.65. The molecule has 0 amide bonds. The summed E-state index contributed by atoms with van der Waals surface area (Å²) in [6.07, 6.45) is 1.16. The molecule has 0 spiro atoms. The van der Waals surface area contributed by atoms with Crippen LogP contribution in [0.15, 0.2) is 0 Å². The molecular formula is C11H15N3O3S. The van der Waals surface area contributed by atoms with E-state index in [-0.39, 0.29) is 38.5 Å². The first kappa shape index (κ1) is 16.4. The summed E-state index contributed by atoms with van der Waals surface area (Å²) in [6.45, 7) is 0. The summed E-state index contributed by atoms with van der Waals surface area (Å²) < 4.78 is 31.1. The van der Waals surface area contributed by atoms with Crippen LogP contribution in [0.1, 0.15) is 38.5 Å². The minimum atomic E-state index is -4.20. The predicted molar refractivity (Wildman–Crippen MR) is 63.4 cm³/mol. The zero-order valence-electron chi connectivity index (χ0n) is 9.96. The summed E-state index contributed by atoms with van der Waals surface area (Å²) in [5, 5.41) is 25.8. The van der Waals surface area contributed by atoms with Crippen LogP contribution in [0, 0.1) is 39.4 Å². The lowest BCUT2D eigenvalue weighted by Crippen LogP contribution is -2.30. The van der Waals surface area contributed by atoms with Gasteiger partial charge in [0.25, 0.3) is 10.1 Å². The van der Waals surface area contributed by atoms with Crippen molar-refractivity contribution in [2.45, 2.75) is 38.5 Å². The number of nitrogens with zero attached hydrogens (tertiary/aromatic N) is 3. The van der Waals surface area contributed by atoms with E-state index in [1.54, 1.807) is 0 Å². The molecule has 0 saturated carbocycles. The van der Waals surface area contributed by atoms with Crippen molar-refractivity contribution in [1.29, 1.82) is 15.8 Å². The van der Waals surface area contributed by atoms with Gasteiger partial charge in [0, 0.05) is 19.3 Å². The number of nitriles is 3. The molecule has 98 valence electrons. The molecule has 18 heavy (non-hydrogen) atoms. The molecule has 0 aliphatic carbocycles. The van der Waals surface area contributed by atoms with Crippen molar-refractivity contribution in [1.82, 2.24) is 0 Å². The normalized spacial score (nSPS) is 11.2. The SMILES string of the molecule is N#CCCC(CCC#N)(CCC#N)CS(=O)(=O)O. The van der Waals surface area contributed by atoms with Crippen molar-refractivity contribution in [2.24, 2.45) is 5.41 Å². The molecule has 0 aromatic rings. The lowest BCUT2D eigenvalue weighted by molar-refractivity contribution is 0.255. The summed E-state index contributed by atoms with van der Waals surface area (Å²) in [6, 6.07) is 5.76. The number of rotatable bonds is 8. The molecule has 7 heteroatoms. The van der Waals surface area contributed by atoms with E-state index in [9.17, 15) is 8.42 Å². The average molecular weight is 269 g/mol. The Labute approximate surface area is 107 Å². The van der Waals surface area contributed by atoms with Crippen LogP contribution < -0.4 is 0 Å². The fourth-order valence-electron chi connectivity index (χ4n) is 1.94. The van der Waals surface area contributed by atoms with Gasteiger partial charge in [-0.15, -0.1) is 0 Å². The maximum atomic E-state index is 11.0. The minimum Gasteiger partial charge on any atom is -0.286 e. The summed E-state index contributed by atoms with van der Waals surface area (Å²) >= 11 is 0. The van der Waals surface area contributed by atoms with Crippen molar-refractivity contribution in [3.05, 3.63) is 0 Å². The van der Waals surface area contributed by atoms with Gasteiger partial charge in [0.15, 0.2) is 0 Å². The molecule has 0 saturated heterocycles. The number of hydrogen-bond donors (Lipinski definition) is 1. The van der Waals surface area contributed by atoms with Crippen molar-refractivity contribution < 1.29 is 13.0 Å². The van der Waals surface area contributed by atoms with E-state index in [0.29, 0.717) is 0 Å². The van der Waals surface area contributed by atoms with Gasteiger partial charge in [0.2, 0.25) is 0 Å². The van der Waals surface area contributed by atoms with Gasteiger partial charge in [-0.3, -0.25) is 4.55 Å². The number of hydrogen-bond acceptors (Lipinski definition) is 5. The van der Waals surface area contributed by atoms with Gasteiger partial charge in [-0.2, -0.15) is 24.2 Å². The first-order valence-electron chi connectivity index (χ1n) is 5.45. The van der Waals surface area contributed by atoms with Crippen molar-refractivity contribution in [2.75, 3.05) is 5.75 Å². The van der Waals surface area contributed by atoms with Crippen LogP contribution >= 0.6 is 0 Å². The van der Waals surface area contributed by atoms with Gasteiger partial charge in [0.1, 0.15) is 0 Å². The first-order valence-corrected chi connectivity index (χ1v) is 7.06. The third-order valence-electron chi connectivity index (χ3n) is 2.79. The molecule has 1 N–H and O–H groups in total. The van der Waals surface area contributed by atoms with Gasteiger partial charge < -0.3 is 0 Å². The van der Waals surface area contributed by atoms with E-state index in [1.165, 1.54) is 0 Å². The van der Waals surface area contributed by atoms with Crippen LogP contribution in [0.25, 0.3) is 0 Å². The summed E-state index contributed by atoms with van der Waals surface area (Å²) in [7, 11) is -4.20. The van der Waals surface area contributed by atoms with Crippen molar-refractivity contribution >= 4 is 10.1 Å².